The lowest BCUT2D eigenvalue weighted by molar-refractivity contribution is -0.394. The minimum Gasteiger partial charge on any atom is -0.291 e. The van der Waals surface area contributed by atoms with Crippen LogP contribution in [0.5, 0.6) is 0 Å². The second kappa shape index (κ2) is 7.44. The van der Waals surface area contributed by atoms with Crippen molar-refractivity contribution in [1.82, 2.24) is 0 Å². The minimum absolute atomic E-state index is 0.274. The van der Waals surface area contributed by atoms with Crippen molar-refractivity contribution < 1.29 is 15.1 Å². The Labute approximate surface area is 113 Å². The third-order valence-electron chi connectivity index (χ3n) is 2.15. The van der Waals surface area contributed by atoms with Gasteiger partial charge in [0, 0.05) is 12.1 Å². The van der Waals surface area contributed by atoms with E-state index in [9.17, 15) is 20.2 Å². The highest BCUT2D eigenvalue weighted by molar-refractivity contribution is 5.42. The molecule has 2 aromatic carbocycles. The van der Waals surface area contributed by atoms with Gasteiger partial charge in [-0.15, -0.1) is 0 Å². The maximum absolute atomic E-state index is 10.2. The Bertz CT molecular complexity index is 559. The summed E-state index contributed by atoms with van der Waals surface area (Å²) in [4.78, 5) is 19.0. The lowest BCUT2D eigenvalue weighted by Gasteiger charge is -1.92. The molecule has 0 heterocycles. The van der Waals surface area contributed by atoms with Crippen LogP contribution in [0.25, 0.3) is 0 Å². The van der Waals surface area contributed by atoms with Crippen molar-refractivity contribution in [2.75, 3.05) is 5.48 Å². The second-order valence-corrected chi connectivity index (χ2v) is 3.51. The van der Waals surface area contributed by atoms with Crippen LogP contribution in [-0.4, -0.2) is 15.1 Å². The molecule has 0 radical (unpaired) electrons. The topological polar surface area (TPSA) is 119 Å². The summed E-state index contributed by atoms with van der Waals surface area (Å²) in [5.41, 5.74) is 2.19. The van der Waals surface area contributed by atoms with Crippen molar-refractivity contribution in [1.29, 1.82) is 0 Å². The Morgan fingerprint density at radius 1 is 0.850 bits per heavy atom. The molecule has 20 heavy (non-hydrogen) atoms. The molecule has 2 rings (SSSR count). The molecular formula is C12H11N3O5. The third kappa shape index (κ3) is 4.70. The molecule has 0 aliphatic carbocycles. The number of nitro groups is 2. The van der Waals surface area contributed by atoms with E-state index in [0.717, 1.165) is 6.07 Å². The van der Waals surface area contributed by atoms with Gasteiger partial charge in [0.2, 0.25) is 0 Å². The van der Waals surface area contributed by atoms with E-state index < -0.39 is 9.85 Å². The van der Waals surface area contributed by atoms with Crippen LogP contribution in [0.2, 0.25) is 0 Å². The van der Waals surface area contributed by atoms with Crippen molar-refractivity contribution >= 4 is 17.1 Å². The molecule has 0 saturated carbocycles. The molecule has 0 bridgehead atoms. The van der Waals surface area contributed by atoms with Crippen molar-refractivity contribution in [2.24, 2.45) is 0 Å². The molecule has 2 aromatic rings. The first-order chi connectivity index (χ1) is 9.54. The molecule has 0 spiro atoms. The molecule has 0 atom stereocenters. The standard InChI is InChI=1S/C6H4N2O4.C6H7NO/c9-7(10)5-2-1-3-6(4-5)8(11)12;8-7-6-4-2-1-3-5-6/h1-4H;1-5,7-8H. The van der Waals surface area contributed by atoms with Gasteiger partial charge in [0.1, 0.15) is 0 Å². The van der Waals surface area contributed by atoms with Crippen molar-refractivity contribution in [3.63, 3.8) is 0 Å². The summed E-state index contributed by atoms with van der Waals surface area (Å²) < 4.78 is 0. The van der Waals surface area contributed by atoms with Gasteiger partial charge in [-0.1, -0.05) is 18.2 Å². The number of non-ortho nitro benzene ring substituents is 2. The molecule has 0 aromatic heterocycles. The van der Waals surface area contributed by atoms with Crippen LogP contribution in [0.4, 0.5) is 17.1 Å². The summed E-state index contributed by atoms with van der Waals surface area (Å²) >= 11 is 0. The van der Waals surface area contributed by atoms with Crippen LogP contribution >= 0.6 is 0 Å². The first-order valence-corrected chi connectivity index (χ1v) is 5.38. The van der Waals surface area contributed by atoms with Gasteiger partial charge < -0.3 is 0 Å². The van der Waals surface area contributed by atoms with E-state index in [0.29, 0.717) is 5.69 Å². The van der Waals surface area contributed by atoms with E-state index in [1.807, 2.05) is 23.7 Å². The SMILES string of the molecule is O=[N+]([O-])c1cccc([N+](=O)[O-])c1.ONc1ccccc1. The quantitative estimate of drug-likeness (QED) is 0.657. The predicted octanol–water partition coefficient (Wildman–Crippen LogP) is 2.99. The van der Waals surface area contributed by atoms with E-state index in [4.69, 9.17) is 5.21 Å². The first kappa shape index (κ1) is 15.1. The lowest BCUT2D eigenvalue weighted by Crippen LogP contribution is -1.91. The summed E-state index contributed by atoms with van der Waals surface area (Å²) in [5, 5.41) is 28.6. The number of nitro benzene ring substituents is 2. The molecule has 0 fully saturated rings. The Hall–Kier alpha value is -3.00. The van der Waals surface area contributed by atoms with E-state index in [2.05, 4.69) is 0 Å². The number of anilines is 1. The normalized spacial score (nSPS) is 9.05. The average Bonchev–Trinajstić information content (AvgIpc) is 2.49. The summed E-state index contributed by atoms with van der Waals surface area (Å²) in [6.07, 6.45) is 0. The zero-order valence-electron chi connectivity index (χ0n) is 10.2. The summed E-state index contributed by atoms with van der Waals surface area (Å²) in [5.74, 6) is 0. The van der Waals surface area contributed by atoms with E-state index >= 15 is 0 Å². The summed E-state index contributed by atoms with van der Waals surface area (Å²) in [6, 6.07) is 13.7. The number of benzene rings is 2. The molecule has 0 aliphatic heterocycles. The van der Waals surface area contributed by atoms with Gasteiger partial charge in [-0.3, -0.25) is 30.9 Å². The zero-order chi connectivity index (χ0) is 15.0. The van der Waals surface area contributed by atoms with E-state index in [1.165, 1.54) is 18.2 Å². The monoisotopic (exact) mass is 277 g/mol. The van der Waals surface area contributed by atoms with Crippen molar-refractivity contribution in [3.8, 4) is 0 Å². The lowest BCUT2D eigenvalue weighted by atomic mass is 10.3. The fraction of sp³-hybridized carbons (Fsp3) is 0. The second-order valence-electron chi connectivity index (χ2n) is 3.51. The molecule has 0 amide bonds. The van der Waals surface area contributed by atoms with Crippen LogP contribution in [0, 0.1) is 20.2 Å². The first-order valence-electron chi connectivity index (χ1n) is 5.38. The van der Waals surface area contributed by atoms with E-state index in [1.54, 1.807) is 12.1 Å². The molecule has 8 heteroatoms. The third-order valence-corrected chi connectivity index (χ3v) is 2.15. The average molecular weight is 277 g/mol. The Balaban J connectivity index is 0.000000217. The minimum atomic E-state index is -0.674. The predicted molar refractivity (Wildman–Crippen MR) is 71.6 cm³/mol. The maximum atomic E-state index is 10.2. The zero-order valence-corrected chi connectivity index (χ0v) is 10.2. The summed E-state index contributed by atoms with van der Waals surface area (Å²) in [7, 11) is 0. The van der Waals surface area contributed by atoms with Crippen LogP contribution < -0.4 is 5.48 Å². The fourth-order valence-electron chi connectivity index (χ4n) is 1.23. The Morgan fingerprint density at radius 3 is 1.70 bits per heavy atom. The van der Waals surface area contributed by atoms with Gasteiger partial charge in [-0.2, -0.15) is 0 Å². The highest BCUT2D eigenvalue weighted by Gasteiger charge is 2.11. The van der Waals surface area contributed by atoms with Gasteiger partial charge in [0.05, 0.1) is 21.6 Å². The molecule has 8 nitrogen and oxygen atoms in total. The van der Waals surface area contributed by atoms with Crippen molar-refractivity contribution in [3.05, 3.63) is 74.8 Å². The van der Waals surface area contributed by atoms with E-state index in [-0.39, 0.29) is 11.4 Å². The Kier molecular flexibility index (Phi) is 5.60. The number of para-hydroxylation sites is 1. The van der Waals surface area contributed by atoms with Gasteiger partial charge >= 0.3 is 0 Å². The largest absolute Gasteiger partial charge is 0.291 e. The van der Waals surface area contributed by atoms with Crippen molar-refractivity contribution in [2.45, 2.75) is 0 Å². The van der Waals surface area contributed by atoms with Gasteiger partial charge in [0.25, 0.3) is 11.4 Å². The van der Waals surface area contributed by atoms with Gasteiger partial charge in [0.15, 0.2) is 0 Å². The molecule has 0 saturated heterocycles. The number of nitrogens with one attached hydrogen (secondary N) is 1. The van der Waals surface area contributed by atoms with Crippen LogP contribution in [0.15, 0.2) is 54.6 Å². The highest BCUT2D eigenvalue weighted by atomic mass is 16.6. The maximum Gasteiger partial charge on any atom is 0.276 e. The molecule has 104 valence electrons. The van der Waals surface area contributed by atoms with Gasteiger partial charge in [-0.05, 0) is 18.2 Å². The molecular weight excluding hydrogens is 266 g/mol. The molecule has 0 unspecified atom stereocenters. The fourth-order valence-corrected chi connectivity index (χ4v) is 1.23. The van der Waals surface area contributed by atoms with Crippen LogP contribution in [0.3, 0.4) is 0 Å². The number of hydrogen-bond acceptors (Lipinski definition) is 6. The smallest absolute Gasteiger partial charge is 0.276 e. The molecule has 0 aliphatic rings. The number of nitrogens with zero attached hydrogens (tertiary/aromatic N) is 2. The van der Waals surface area contributed by atoms with Crippen LogP contribution in [0.1, 0.15) is 0 Å². The van der Waals surface area contributed by atoms with Gasteiger partial charge in [-0.25, -0.2) is 0 Å². The van der Waals surface area contributed by atoms with Crippen LogP contribution in [-0.2, 0) is 0 Å². The number of hydrogen-bond donors (Lipinski definition) is 2. The highest BCUT2D eigenvalue weighted by Crippen LogP contribution is 2.18. The summed E-state index contributed by atoms with van der Waals surface area (Å²) in [6.45, 7) is 0. The number of rotatable bonds is 3. The molecule has 2 N–H and O–H groups in total. The Morgan fingerprint density at radius 2 is 1.35 bits per heavy atom.